The van der Waals surface area contributed by atoms with E-state index in [2.05, 4.69) is 50.4 Å². The van der Waals surface area contributed by atoms with Crippen molar-refractivity contribution in [3.63, 3.8) is 0 Å². The van der Waals surface area contributed by atoms with E-state index in [9.17, 15) is 0 Å². The van der Waals surface area contributed by atoms with Crippen molar-refractivity contribution < 1.29 is 0 Å². The summed E-state index contributed by atoms with van der Waals surface area (Å²) < 4.78 is 0. The molecule has 0 fully saturated rings. The maximum absolute atomic E-state index is 3.54. The van der Waals surface area contributed by atoms with E-state index in [1.807, 2.05) is 11.3 Å². The first kappa shape index (κ1) is 11.9. The summed E-state index contributed by atoms with van der Waals surface area (Å²) in [5, 5.41) is 3.54. The van der Waals surface area contributed by atoms with Crippen LogP contribution in [0.3, 0.4) is 0 Å². The highest BCUT2D eigenvalue weighted by atomic mass is 32.1. The van der Waals surface area contributed by atoms with Crippen molar-refractivity contribution >= 4 is 11.3 Å². The fourth-order valence-corrected chi connectivity index (χ4v) is 3.97. The minimum atomic E-state index is 0.512. The monoisotopic (exact) mass is 257 g/mol. The Balaban J connectivity index is 2.10. The second kappa shape index (κ2) is 4.52. The van der Waals surface area contributed by atoms with Crippen LogP contribution in [0.2, 0.25) is 0 Å². The van der Waals surface area contributed by atoms with Gasteiger partial charge in [-0.15, -0.1) is 11.3 Å². The molecule has 1 nitrogen and oxygen atoms in total. The summed E-state index contributed by atoms with van der Waals surface area (Å²) >= 11 is 1.96. The van der Waals surface area contributed by atoms with Crippen LogP contribution in [0.15, 0.2) is 24.3 Å². The molecule has 94 valence electrons. The third kappa shape index (κ3) is 2.00. The molecular weight excluding hydrogens is 238 g/mol. The highest BCUT2D eigenvalue weighted by Gasteiger charge is 2.20. The highest BCUT2D eigenvalue weighted by Crippen LogP contribution is 2.38. The lowest BCUT2D eigenvalue weighted by Gasteiger charge is -2.19. The number of hydrogen-bond donors (Lipinski definition) is 1. The fraction of sp³-hybridized carbons (Fsp3) is 0.375. The SMILES string of the molecule is Cc1ccc(C)c(-c2cc3c(s2)C(C)NCC3)c1. The van der Waals surface area contributed by atoms with Crippen molar-refractivity contribution in [2.45, 2.75) is 33.2 Å². The molecule has 0 saturated heterocycles. The lowest BCUT2D eigenvalue weighted by Crippen LogP contribution is -2.26. The molecule has 1 atom stereocenters. The quantitative estimate of drug-likeness (QED) is 0.806. The van der Waals surface area contributed by atoms with Crippen molar-refractivity contribution in [3.05, 3.63) is 45.8 Å². The Morgan fingerprint density at radius 1 is 1.22 bits per heavy atom. The van der Waals surface area contributed by atoms with Crippen LogP contribution in [-0.2, 0) is 6.42 Å². The van der Waals surface area contributed by atoms with Gasteiger partial charge in [0.05, 0.1) is 0 Å². The highest BCUT2D eigenvalue weighted by molar-refractivity contribution is 7.15. The molecule has 18 heavy (non-hydrogen) atoms. The van der Waals surface area contributed by atoms with Gasteiger partial charge in [-0.1, -0.05) is 23.8 Å². The molecule has 1 aliphatic rings. The van der Waals surface area contributed by atoms with Crippen molar-refractivity contribution in [3.8, 4) is 10.4 Å². The molecule has 1 N–H and O–H groups in total. The van der Waals surface area contributed by atoms with Gasteiger partial charge in [-0.25, -0.2) is 0 Å². The fourth-order valence-electron chi connectivity index (χ4n) is 2.65. The largest absolute Gasteiger partial charge is 0.309 e. The summed E-state index contributed by atoms with van der Waals surface area (Å²) in [7, 11) is 0. The van der Waals surface area contributed by atoms with E-state index in [0.717, 1.165) is 6.54 Å². The first-order chi connectivity index (χ1) is 8.65. The Bertz CT molecular complexity index is 583. The van der Waals surface area contributed by atoms with Crippen LogP contribution in [-0.4, -0.2) is 6.54 Å². The van der Waals surface area contributed by atoms with Crippen LogP contribution in [0.25, 0.3) is 10.4 Å². The van der Waals surface area contributed by atoms with Gasteiger partial charge in [0.25, 0.3) is 0 Å². The van der Waals surface area contributed by atoms with Crippen molar-refractivity contribution in [2.24, 2.45) is 0 Å². The van der Waals surface area contributed by atoms with Gasteiger partial charge < -0.3 is 5.32 Å². The summed E-state index contributed by atoms with van der Waals surface area (Å²) in [5.41, 5.74) is 5.66. The Hall–Kier alpha value is -1.12. The average molecular weight is 257 g/mol. The topological polar surface area (TPSA) is 12.0 Å². The smallest absolute Gasteiger partial charge is 0.0389 e. The molecule has 0 amide bonds. The molecule has 0 aliphatic carbocycles. The molecule has 0 spiro atoms. The number of aryl methyl sites for hydroxylation is 2. The van der Waals surface area contributed by atoms with Gasteiger partial charge in [-0.05, 0) is 56.5 Å². The minimum Gasteiger partial charge on any atom is -0.309 e. The molecular formula is C16H19NS. The number of thiophene rings is 1. The Labute approximate surface area is 113 Å². The van der Waals surface area contributed by atoms with Gasteiger partial charge in [0, 0.05) is 15.8 Å². The van der Waals surface area contributed by atoms with Gasteiger partial charge in [0.1, 0.15) is 0 Å². The predicted molar refractivity (Wildman–Crippen MR) is 79.4 cm³/mol. The third-order valence-corrected chi connectivity index (χ3v) is 5.13. The van der Waals surface area contributed by atoms with Crippen LogP contribution in [0.1, 0.15) is 34.5 Å². The van der Waals surface area contributed by atoms with E-state index < -0.39 is 0 Å². The molecule has 0 radical (unpaired) electrons. The van der Waals surface area contributed by atoms with Crippen molar-refractivity contribution in [1.82, 2.24) is 5.32 Å². The second-order valence-corrected chi connectivity index (χ2v) is 6.33. The maximum Gasteiger partial charge on any atom is 0.0389 e. The molecule has 1 aromatic heterocycles. The molecule has 2 aromatic rings. The lowest BCUT2D eigenvalue weighted by atomic mass is 10.0. The van der Waals surface area contributed by atoms with Crippen LogP contribution in [0, 0.1) is 13.8 Å². The van der Waals surface area contributed by atoms with Crippen molar-refractivity contribution in [1.29, 1.82) is 0 Å². The average Bonchev–Trinajstić information content (AvgIpc) is 2.77. The normalized spacial score (nSPS) is 18.7. The van der Waals surface area contributed by atoms with Gasteiger partial charge in [-0.3, -0.25) is 0 Å². The van der Waals surface area contributed by atoms with Crippen LogP contribution in [0.4, 0.5) is 0 Å². The Kier molecular flexibility index (Phi) is 3.00. The predicted octanol–water partition coefficient (Wildman–Crippen LogP) is 4.24. The Morgan fingerprint density at radius 2 is 2.06 bits per heavy atom. The summed E-state index contributed by atoms with van der Waals surface area (Å²) in [6, 6.07) is 9.64. The van der Waals surface area contributed by atoms with E-state index in [-0.39, 0.29) is 0 Å². The van der Waals surface area contributed by atoms with Gasteiger partial charge in [0.2, 0.25) is 0 Å². The van der Waals surface area contributed by atoms with Crippen molar-refractivity contribution in [2.75, 3.05) is 6.54 Å². The first-order valence-corrected chi connectivity index (χ1v) is 7.40. The first-order valence-electron chi connectivity index (χ1n) is 6.59. The Morgan fingerprint density at radius 3 is 2.83 bits per heavy atom. The van der Waals surface area contributed by atoms with E-state index in [1.54, 1.807) is 5.56 Å². The van der Waals surface area contributed by atoms with E-state index in [0.29, 0.717) is 6.04 Å². The summed E-state index contributed by atoms with van der Waals surface area (Å²) in [5.74, 6) is 0. The lowest BCUT2D eigenvalue weighted by molar-refractivity contribution is 0.551. The minimum absolute atomic E-state index is 0.512. The number of nitrogens with one attached hydrogen (secondary N) is 1. The molecule has 1 aromatic carbocycles. The molecule has 3 rings (SSSR count). The number of hydrogen-bond acceptors (Lipinski definition) is 2. The summed E-state index contributed by atoms with van der Waals surface area (Å²) in [6.07, 6.45) is 1.17. The van der Waals surface area contributed by atoms with E-state index in [4.69, 9.17) is 0 Å². The molecule has 1 unspecified atom stereocenters. The molecule has 2 heterocycles. The van der Waals surface area contributed by atoms with Crippen LogP contribution in [0.5, 0.6) is 0 Å². The van der Waals surface area contributed by atoms with E-state index >= 15 is 0 Å². The van der Waals surface area contributed by atoms with Crippen LogP contribution < -0.4 is 5.32 Å². The third-order valence-electron chi connectivity index (χ3n) is 3.74. The summed E-state index contributed by atoms with van der Waals surface area (Å²) in [4.78, 5) is 2.95. The number of benzene rings is 1. The number of rotatable bonds is 1. The molecule has 0 saturated carbocycles. The zero-order valence-corrected chi connectivity index (χ0v) is 12.0. The molecule has 0 bridgehead atoms. The number of fused-ring (bicyclic) bond motifs is 1. The zero-order chi connectivity index (χ0) is 12.7. The molecule has 2 heteroatoms. The summed E-state index contributed by atoms with van der Waals surface area (Å²) in [6.45, 7) is 7.74. The zero-order valence-electron chi connectivity index (χ0n) is 11.2. The van der Waals surface area contributed by atoms with Crippen LogP contribution >= 0.6 is 11.3 Å². The molecule has 1 aliphatic heterocycles. The second-order valence-electron chi connectivity index (χ2n) is 5.24. The van der Waals surface area contributed by atoms with Gasteiger partial charge in [0.15, 0.2) is 0 Å². The maximum atomic E-state index is 3.54. The standard InChI is InChI=1S/C16H19NS/c1-10-4-5-11(2)14(8-10)15-9-13-6-7-17-12(3)16(13)18-15/h4-5,8-9,12,17H,6-7H2,1-3H3. The van der Waals surface area contributed by atoms with Gasteiger partial charge in [-0.2, -0.15) is 0 Å². The van der Waals surface area contributed by atoms with Gasteiger partial charge >= 0.3 is 0 Å². The van der Waals surface area contributed by atoms with E-state index in [1.165, 1.54) is 32.9 Å².